The Morgan fingerprint density at radius 3 is 1.71 bits per heavy atom. The summed E-state index contributed by atoms with van der Waals surface area (Å²) in [6.07, 6.45) is 9.35. The summed E-state index contributed by atoms with van der Waals surface area (Å²) < 4.78 is 0. The van der Waals surface area contributed by atoms with Crippen LogP contribution in [0.2, 0.25) is 0 Å². The minimum absolute atomic E-state index is 0.218. The van der Waals surface area contributed by atoms with Crippen LogP contribution in [0.15, 0.2) is 0 Å². The fraction of sp³-hybridized carbons (Fsp3) is 0.909. The summed E-state index contributed by atoms with van der Waals surface area (Å²) in [4.78, 5) is 10.1. The summed E-state index contributed by atoms with van der Waals surface area (Å²) in [5.41, 5.74) is 0. The first-order valence-electron chi connectivity index (χ1n) is 5.55. The van der Waals surface area contributed by atoms with Crippen LogP contribution in [-0.4, -0.2) is 11.7 Å². The summed E-state index contributed by atoms with van der Waals surface area (Å²) >= 11 is 4.85. The van der Waals surface area contributed by atoms with E-state index in [2.05, 4.69) is 0 Å². The van der Waals surface area contributed by atoms with Gasteiger partial charge in [0.25, 0.3) is 0 Å². The first kappa shape index (κ1) is 13.8. The predicted octanol–water partition coefficient (Wildman–Crippen LogP) is 1.79. The Hall–Kier alpha value is -0.180. The van der Waals surface area contributed by atoms with Crippen LogP contribution in [0.1, 0.15) is 57.8 Å². The fourth-order valence-electron chi connectivity index (χ4n) is 1.43. The molecule has 0 heterocycles. The molecule has 0 spiro atoms. The largest absolute Gasteiger partial charge is 0.793 e. The number of hydrogen-bond donors (Lipinski definition) is 0. The van der Waals surface area contributed by atoms with Crippen LogP contribution in [0.4, 0.5) is 0 Å². The van der Waals surface area contributed by atoms with Crippen molar-refractivity contribution in [3.8, 4) is 0 Å². The molecule has 0 aliphatic carbocycles. The van der Waals surface area contributed by atoms with Gasteiger partial charge in [-0.1, -0.05) is 44.9 Å². The van der Waals surface area contributed by atoms with E-state index in [-0.39, 0.29) is 6.42 Å². The first-order valence-corrected chi connectivity index (χ1v) is 6.13. The molecule has 0 saturated carbocycles. The van der Waals surface area contributed by atoms with Gasteiger partial charge < -0.3 is 22.5 Å². The smallest absolute Gasteiger partial charge is 0.0414 e. The average Bonchev–Trinajstić information content (AvgIpc) is 2.15. The van der Waals surface area contributed by atoms with E-state index in [1.165, 1.54) is 32.1 Å². The van der Waals surface area contributed by atoms with Crippen molar-refractivity contribution in [2.24, 2.45) is 0 Å². The number of carbonyl (C=O) groups excluding carboxylic acids is 1. The second-order valence-corrected chi connectivity index (χ2v) is 4.06. The van der Waals surface area contributed by atoms with Gasteiger partial charge in [0.05, 0.1) is 0 Å². The second kappa shape index (κ2) is 10.9. The third-order valence-electron chi connectivity index (χ3n) is 2.28. The van der Waals surface area contributed by atoms with Crippen molar-refractivity contribution in [2.45, 2.75) is 57.8 Å². The lowest BCUT2D eigenvalue weighted by Crippen LogP contribution is -2.21. The molecule has 0 aliphatic heterocycles. The molecule has 0 aromatic carbocycles. The predicted molar refractivity (Wildman–Crippen MR) is 58.8 cm³/mol. The van der Waals surface area contributed by atoms with E-state index in [0.29, 0.717) is 0 Å². The molecule has 0 amide bonds. The number of rotatable bonds is 10. The zero-order chi connectivity index (χ0) is 10.6. The van der Waals surface area contributed by atoms with Crippen molar-refractivity contribution in [1.29, 1.82) is 0 Å². The summed E-state index contributed by atoms with van der Waals surface area (Å²) in [6, 6.07) is 0. The van der Waals surface area contributed by atoms with Gasteiger partial charge in [0.1, 0.15) is 0 Å². The van der Waals surface area contributed by atoms with Crippen LogP contribution in [0.25, 0.3) is 0 Å². The normalized spacial score (nSPS) is 10.4. The molecule has 0 N–H and O–H groups in total. The van der Waals surface area contributed by atoms with Crippen LogP contribution in [0.3, 0.4) is 0 Å². The lowest BCUT2D eigenvalue weighted by Gasteiger charge is -2.04. The van der Waals surface area contributed by atoms with Crippen LogP contribution in [-0.2, 0) is 17.4 Å². The highest BCUT2D eigenvalue weighted by Gasteiger charge is 1.91. The molecular formula is C11H20O2S-2. The van der Waals surface area contributed by atoms with Crippen molar-refractivity contribution in [3.63, 3.8) is 0 Å². The van der Waals surface area contributed by atoms with E-state index in [0.717, 1.165) is 25.0 Å². The molecule has 0 saturated heterocycles. The van der Waals surface area contributed by atoms with Crippen molar-refractivity contribution in [3.05, 3.63) is 0 Å². The zero-order valence-electron chi connectivity index (χ0n) is 8.80. The number of carbonyl (C=O) groups is 1. The maximum absolute atomic E-state index is 10.1. The quantitative estimate of drug-likeness (QED) is 0.413. The molecule has 14 heavy (non-hydrogen) atoms. The van der Waals surface area contributed by atoms with Crippen molar-refractivity contribution >= 4 is 18.6 Å². The molecule has 0 aromatic rings. The molecule has 0 bridgehead atoms. The summed E-state index contributed by atoms with van der Waals surface area (Å²) in [5.74, 6) is -0.0403. The zero-order valence-corrected chi connectivity index (χ0v) is 9.61. The van der Waals surface area contributed by atoms with Crippen LogP contribution < -0.4 is 5.11 Å². The maximum atomic E-state index is 10.1. The van der Waals surface area contributed by atoms with E-state index in [9.17, 15) is 9.90 Å². The van der Waals surface area contributed by atoms with Gasteiger partial charge in [-0.3, -0.25) is 0 Å². The molecule has 0 radical (unpaired) electrons. The first-order chi connectivity index (χ1) is 6.77. The van der Waals surface area contributed by atoms with Gasteiger partial charge in [-0.2, -0.15) is 5.75 Å². The van der Waals surface area contributed by atoms with Gasteiger partial charge in [0, 0.05) is 5.97 Å². The molecular weight excluding hydrogens is 196 g/mol. The number of aliphatic carboxylic acids is 1. The van der Waals surface area contributed by atoms with Gasteiger partial charge in [0.15, 0.2) is 0 Å². The maximum Gasteiger partial charge on any atom is 0.0414 e. The summed E-state index contributed by atoms with van der Waals surface area (Å²) in [6.45, 7) is 0. The lowest BCUT2D eigenvalue weighted by molar-refractivity contribution is -0.305. The Morgan fingerprint density at radius 2 is 1.29 bits per heavy atom. The molecule has 2 nitrogen and oxygen atoms in total. The van der Waals surface area contributed by atoms with E-state index in [1.807, 2.05) is 0 Å². The Morgan fingerprint density at radius 1 is 0.857 bits per heavy atom. The van der Waals surface area contributed by atoms with Crippen molar-refractivity contribution in [2.75, 3.05) is 5.75 Å². The SMILES string of the molecule is O=C([O-])CCCCCCCCCC[S-]. The van der Waals surface area contributed by atoms with Crippen LogP contribution in [0.5, 0.6) is 0 Å². The number of hydrogen-bond acceptors (Lipinski definition) is 3. The molecule has 0 aliphatic rings. The highest BCUT2D eigenvalue weighted by Crippen LogP contribution is 2.09. The van der Waals surface area contributed by atoms with Gasteiger partial charge >= 0.3 is 0 Å². The van der Waals surface area contributed by atoms with Crippen LogP contribution >= 0.6 is 0 Å². The number of carboxylic acids is 1. The Bertz CT molecular complexity index is 137. The average molecular weight is 216 g/mol. The highest BCUT2D eigenvalue weighted by molar-refractivity contribution is 7.58. The second-order valence-electron chi connectivity index (χ2n) is 3.65. The Kier molecular flexibility index (Phi) is 10.8. The highest BCUT2D eigenvalue weighted by atomic mass is 32.1. The number of carboxylic acid groups (broad SMARTS) is 1. The number of unbranched alkanes of at least 4 members (excludes halogenated alkanes) is 7. The minimum Gasteiger partial charge on any atom is -0.793 e. The molecule has 0 atom stereocenters. The summed E-state index contributed by atoms with van der Waals surface area (Å²) in [7, 11) is 0. The van der Waals surface area contributed by atoms with Gasteiger partial charge in [-0.15, -0.1) is 0 Å². The van der Waals surface area contributed by atoms with E-state index in [4.69, 9.17) is 12.6 Å². The van der Waals surface area contributed by atoms with Gasteiger partial charge in [-0.25, -0.2) is 0 Å². The third-order valence-corrected chi connectivity index (χ3v) is 2.56. The molecule has 3 heteroatoms. The minimum atomic E-state index is -0.921. The third kappa shape index (κ3) is 11.8. The summed E-state index contributed by atoms with van der Waals surface area (Å²) in [5, 5.41) is 10.1. The topological polar surface area (TPSA) is 40.1 Å². The standard InChI is InChI=1S/C11H22O2S/c12-11(13)9-7-5-3-1-2-4-6-8-10-14/h14H,1-10H2,(H,12,13)/p-2. The van der Waals surface area contributed by atoms with Gasteiger partial charge in [-0.05, 0) is 12.8 Å². The molecule has 0 aromatic heterocycles. The lowest BCUT2D eigenvalue weighted by atomic mass is 10.1. The van der Waals surface area contributed by atoms with E-state index >= 15 is 0 Å². The van der Waals surface area contributed by atoms with Crippen LogP contribution in [0, 0.1) is 0 Å². The molecule has 84 valence electrons. The van der Waals surface area contributed by atoms with Gasteiger partial charge in [0.2, 0.25) is 0 Å². The molecule has 0 unspecified atom stereocenters. The Balaban J connectivity index is 2.88. The monoisotopic (exact) mass is 216 g/mol. The van der Waals surface area contributed by atoms with E-state index < -0.39 is 5.97 Å². The van der Waals surface area contributed by atoms with E-state index in [1.54, 1.807) is 0 Å². The molecule has 0 fully saturated rings. The molecule has 0 rings (SSSR count). The van der Waals surface area contributed by atoms with Crippen molar-refractivity contribution < 1.29 is 9.90 Å². The van der Waals surface area contributed by atoms with Crippen molar-refractivity contribution in [1.82, 2.24) is 0 Å². The Labute approximate surface area is 92.5 Å². The fourth-order valence-corrected chi connectivity index (χ4v) is 1.64.